The predicted octanol–water partition coefficient (Wildman–Crippen LogP) is 1.95. The summed E-state index contributed by atoms with van der Waals surface area (Å²) in [6.07, 6.45) is 1.71. The molecule has 0 saturated carbocycles. The van der Waals surface area contributed by atoms with Crippen LogP contribution in [0.3, 0.4) is 0 Å². The van der Waals surface area contributed by atoms with Gasteiger partial charge in [-0.25, -0.2) is 0 Å². The summed E-state index contributed by atoms with van der Waals surface area (Å²) in [5, 5.41) is 15.1. The van der Waals surface area contributed by atoms with Crippen LogP contribution in [-0.4, -0.2) is 27.4 Å². The van der Waals surface area contributed by atoms with Crippen LogP contribution in [0.4, 0.5) is 0 Å². The number of nitrogens with two attached hydrogens (primary N) is 1. The Morgan fingerprint density at radius 2 is 2.15 bits per heavy atom. The van der Waals surface area contributed by atoms with E-state index >= 15 is 0 Å². The fourth-order valence-electron chi connectivity index (χ4n) is 2.75. The maximum absolute atomic E-state index is 11.7. The van der Waals surface area contributed by atoms with E-state index in [1.165, 1.54) is 0 Å². The molecule has 1 unspecified atom stereocenters. The molecular formula is C15H21N3O2. The molecule has 0 bridgehead atoms. The van der Waals surface area contributed by atoms with Crippen molar-refractivity contribution in [2.75, 3.05) is 6.54 Å². The monoisotopic (exact) mass is 275 g/mol. The highest BCUT2D eigenvalue weighted by molar-refractivity contribution is 5.83. The van der Waals surface area contributed by atoms with Gasteiger partial charge in [-0.15, -0.1) is 0 Å². The van der Waals surface area contributed by atoms with Gasteiger partial charge >= 0.3 is 5.97 Å². The second-order valence-corrected chi connectivity index (χ2v) is 5.30. The van der Waals surface area contributed by atoms with Gasteiger partial charge in [-0.2, -0.15) is 5.10 Å². The van der Waals surface area contributed by atoms with E-state index < -0.39 is 11.4 Å². The van der Waals surface area contributed by atoms with Crippen molar-refractivity contribution in [1.29, 1.82) is 0 Å². The fraction of sp³-hybridized carbons (Fsp3) is 0.467. The van der Waals surface area contributed by atoms with Crippen LogP contribution in [0.5, 0.6) is 0 Å². The lowest BCUT2D eigenvalue weighted by Gasteiger charge is -2.26. The maximum Gasteiger partial charge on any atom is 0.311 e. The van der Waals surface area contributed by atoms with E-state index in [-0.39, 0.29) is 6.54 Å². The molecule has 1 heterocycles. The summed E-state index contributed by atoms with van der Waals surface area (Å²) < 4.78 is 1.79. The Morgan fingerprint density at radius 3 is 2.75 bits per heavy atom. The Labute approximate surface area is 118 Å². The van der Waals surface area contributed by atoms with E-state index in [4.69, 9.17) is 5.73 Å². The third-order valence-corrected chi connectivity index (χ3v) is 3.91. The van der Waals surface area contributed by atoms with Crippen molar-refractivity contribution in [3.63, 3.8) is 0 Å². The zero-order chi connectivity index (χ0) is 14.8. The number of carbonyl (C=O) groups is 1. The highest BCUT2D eigenvalue weighted by atomic mass is 16.4. The standard InChI is InChI=1S/C15H21N3O2/c1-3-8-15(10-16,14(19)20)9-12-11-6-4-5-7-13(11)18(2)17-12/h4-7H,3,8-10,16H2,1-2H3,(H,19,20). The van der Waals surface area contributed by atoms with Crippen LogP contribution < -0.4 is 5.73 Å². The van der Waals surface area contributed by atoms with E-state index in [9.17, 15) is 9.90 Å². The third-order valence-electron chi connectivity index (χ3n) is 3.91. The third kappa shape index (κ3) is 2.41. The van der Waals surface area contributed by atoms with Crippen molar-refractivity contribution in [2.45, 2.75) is 26.2 Å². The van der Waals surface area contributed by atoms with Crippen LogP contribution in [0, 0.1) is 5.41 Å². The van der Waals surface area contributed by atoms with Crippen molar-refractivity contribution >= 4 is 16.9 Å². The molecule has 20 heavy (non-hydrogen) atoms. The first-order valence-electron chi connectivity index (χ1n) is 6.88. The molecule has 108 valence electrons. The zero-order valence-corrected chi connectivity index (χ0v) is 12.0. The molecule has 1 aromatic heterocycles. The molecule has 0 radical (unpaired) electrons. The van der Waals surface area contributed by atoms with Gasteiger partial charge < -0.3 is 10.8 Å². The number of fused-ring (bicyclic) bond motifs is 1. The second kappa shape index (κ2) is 5.63. The average Bonchev–Trinajstić information content (AvgIpc) is 2.75. The lowest BCUT2D eigenvalue weighted by molar-refractivity contribution is -0.148. The van der Waals surface area contributed by atoms with Gasteiger partial charge in [0.15, 0.2) is 0 Å². The van der Waals surface area contributed by atoms with Crippen LogP contribution in [0.25, 0.3) is 10.9 Å². The molecule has 0 amide bonds. The molecule has 3 N–H and O–H groups in total. The number of nitrogens with zero attached hydrogens (tertiary/aromatic N) is 2. The van der Waals surface area contributed by atoms with Crippen molar-refractivity contribution in [1.82, 2.24) is 9.78 Å². The Morgan fingerprint density at radius 1 is 1.45 bits per heavy atom. The van der Waals surface area contributed by atoms with E-state index in [0.29, 0.717) is 12.8 Å². The number of aromatic nitrogens is 2. The molecule has 2 aromatic rings. The minimum atomic E-state index is -0.925. The van der Waals surface area contributed by atoms with Crippen LogP contribution in [0.15, 0.2) is 24.3 Å². The molecule has 0 fully saturated rings. The molecule has 0 saturated heterocycles. The summed E-state index contributed by atoms with van der Waals surface area (Å²) >= 11 is 0. The number of hydrogen-bond donors (Lipinski definition) is 2. The van der Waals surface area contributed by atoms with Gasteiger partial charge in [0.25, 0.3) is 0 Å². The Hall–Kier alpha value is -1.88. The maximum atomic E-state index is 11.7. The molecule has 0 aliphatic carbocycles. The molecule has 5 heteroatoms. The Kier molecular flexibility index (Phi) is 4.09. The normalized spacial score (nSPS) is 14.3. The molecule has 5 nitrogen and oxygen atoms in total. The number of rotatable bonds is 6. The summed E-state index contributed by atoms with van der Waals surface area (Å²) in [6, 6.07) is 7.86. The van der Waals surface area contributed by atoms with E-state index in [2.05, 4.69) is 5.10 Å². The smallest absolute Gasteiger partial charge is 0.311 e. The average molecular weight is 275 g/mol. The first-order chi connectivity index (χ1) is 9.54. The van der Waals surface area contributed by atoms with Gasteiger partial charge in [0.2, 0.25) is 0 Å². The summed E-state index contributed by atoms with van der Waals surface area (Å²) in [7, 11) is 1.87. The molecule has 0 aliphatic rings. The predicted molar refractivity (Wildman–Crippen MR) is 78.4 cm³/mol. The van der Waals surface area contributed by atoms with Gasteiger partial charge in [0.1, 0.15) is 0 Å². The second-order valence-electron chi connectivity index (χ2n) is 5.30. The molecule has 1 aromatic carbocycles. The molecule has 0 spiro atoms. The highest BCUT2D eigenvalue weighted by Gasteiger charge is 2.37. The summed E-state index contributed by atoms with van der Waals surface area (Å²) in [4.78, 5) is 11.7. The van der Waals surface area contributed by atoms with Gasteiger partial charge in [0, 0.05) is 25.4 Å². The first kappa shape index (κ1) is 14.5. The summed E-state index contributed by atoms with van der Waals surface area (Å²) in [6.45, 7) is 2.10. The topological polar surface area (TPSA) is 81.1 Å². The fourth-order valence-corrected chi connectivity index (χ4v) is 2.75. The summed E-state index contributed by atoms with van der Waals surface area (Å²) in [5.74, 6) is -0.836. The SMILES string of the molecule is CCCC(CN)(Cc1nn(C)c2ccccc12)C(=O)O. The van der Waals surface area contributed by atoms with Crippen LogP contribution in [-0.2, 0) is 18.3 Å². The lowest BCUT2D eigenvalue weighted by atomic mass is 9.79. The van der Waals surface area contributed by atoms with Crippen molar-refractivity contribution in [2.24, 2.45) is 18.2 Å². The molecule has 0 aliphatic heterocycles. The Balaban J connectivity index is 2.46. The van der Waals surface area contributed by atoms with Crippen molar-refractivity contribution < 1.29 is 9.90 Å². The van der Waals surface area contributed by atoms with Crippen LogP contribution in [0.1, 0.15) is 25.5 Å². The van der Waals surface area contributed by atoms with Crippen molar-refractivity contribution in [3.8, 4) is 0 Å². The first-order valence-corrected chi connectivity index (χ1v) is 6.88. The summed E-state index contributed by atoms with van der Waals surface area (Å²) in [5.41, 5.74) is 6.67. The van der Waals surface area contributed by atoms with Gasteiger partial charge in [-0.05, 0) is 12.5 Å². The van der Waals surface area contributed by atoms with Crippen LogP contribution >= 0.6 is 0 Å². The number of benzene rings is 1. The molecular weight excluding hydrogens is 254 g/mol. The van der Waals surface area contributed by atoms with E-state index in [0.717, 1.165) is 23.0 Å². The largest absolute Gasteiger partial charge is 0.481 e. The molecule has 1 atom stereocenters. The number of hydrogen-bond acceptors (Lipinski definition) is 3. The lowest BCUT2D eigenvalue weighted by Crippen LogP contribution is -2.40. The number of aryl methyl sites for hydroxylation is 1. The molecule has 2 rings (SSSR count). The van der Waals surface area contributed by atoms with E-state index in [1.807, 2.05) is 38.2 Å². The Bertz CT molecular complexity index is 621. The van der Waals surface area contributed by atoms with Gasteiger partial charge in [-0.3, -0.25) is 9.48 Å². The number of carboxylic acids is 1. The van der Waals surface area contributed by atoms with Gasteiger partial charge in [-0.1, -0.05) is 31.5 Å². The highest BCUT2D eigenvalue weighted by Crippen LogP contribution is 2.30. The number of para-hydroxylation sites is 1. The van der Waals surface area contributed by atoms with E-state index in [1.54, 1.807) is 4.68 Å². The zero-order valence-electron chi connectivity index (χ0n) is 12.0. The number of aliphatic carboxylic acids is 1. The van der Waals surface area contributed by atoms with Crippen LogP contribution in [0.2, 0.25) is 0 Å². The quantitative estimate of drug-likeness (QED) is 0.844. The minimum absolute atomic E-state index is 0.126. The van der Waals surface area contributed by atoms with Crippen molar-refractivity contribution in [3.05, 3.63) is 30.0 Å². The van der Waals surface area contributed by atoms with Gasteiger partial charge in [0.05, 0.1) is 16.6 Å². The number of carboxylic acid groups (broad SMARTS) is 1. The minimum Gasteiger partial charge on any atom is -0.481 e.